The number of benzene rings is 1. The average molecular weight is 351 g/mol. The lowest BCUT2D eigenvalue weighted by molar-refractivity contribution is -0.233. The molecule has 8 heteroatoms. The summed E-state index contributed by atoms with van der Waals surface area (Å²) in [6.07, 6.45) is -5.12. The first-order chi connectivity index (χ1) is 11.9. The van der Waals surface area contributed by atoms with Crippen LogP contribution in [0.15, 0.2) is 36.5 Å². The van der Waals surface area contributed by atoms with Crippen molar-refractivity contribution in [2.45, 2.75) is 19.2 Å². The minimum Gasteiger partial charge on any atom is -0.365 e. The number of halogens is 3. The summed E-state index contributed by atoms with van der Waals surface area (Å²) in [6.45, 7) is 1.08. The molecule has 2 aromatic rings. The highest BCUT2D eigenvalue weighted by Gasteiger charge is 2.44. The first kappa shape index (κ1) is 17.3. The van der Waals surface area contributed by atoms with Crippen molar-refractivity contribution in [3.05, 3.63) is 47.9 Å². The zero-order valence-corrected chi connectivity index (χ0v) is 13.5. The van der Waals surface area contributed by atoms with Crippen molar-refractivity contribution >= 4 is 5.91 Å². The molecule has 5 nitrogen and oxygen atoms in total. The average Bonchev–Trinajstić information content (AvgIpc) is 2.61. The number of rotatable bonds is 2. The molecule has 0 spiro atoms. The third-order valence-corrected chi connectivity index (χ3v) is 3.91. The zero-order chi connectivity index (χ0) is 18.0. The number of carbonyl (C=O) groups is 1. The Labute approximate surface area is 142 Å². The van der Waals surface area contributed by atoms with E-state index in [4.69, 9.17) is 4.74 Å². The van der Waals surface area contributed by atoms with Gasteiger partial charge in [-0.2, -0.15) is 13.2 Å². The Morgan fingerprint density at radius 2 is 2.00 bits per heavy atom. The predicted octanol–water partition coefficient (Wildman–Crippen LogP) is 2.86. The lowest BCUT2D eigenvalue weighted by Crippen LogP contribution is -2.51. The van der Waals surface area contributed by atoms with Gasteiger partial charge in [0.05, 0.1) is 24.4 Å². The molecule has 1 aliphatic rings. The highest BCUT2D eigenvalue weighted by atomic mass is 19.4. The molecule has 0 aliphatic carbocycles. The van der Waals surface area contributed by atoms with Crippen molar-refractivity contribution < 1.29 is 22.7 Å². The van der Waals surface area contributed by atoms with Gasteiger partial charge in [0.15, 0.2) is 6.10 Å². The number of ether oxygens (including phenoxy) is 1. The number of morpholine rings is 1. The number of aromatic nitrogens is 2. The highest BCUT2D eigenvalue weighted by molar-refractivity contribution is 5.99. The molecule has 1 saturated heterocycles. The molecular weight excluding hydrogens is 335 g/mol. The summed E-state index contributed by atoms with van der Waals surface area (Å²) in [4.78, 5) is 22.3. The fourth-order valence-corrected chi connectivity index (χ4v) is 2.64. The van der Waals surface area contributed by atoms with E-state index in [0.29, 0.717) is 17.1 Å². The number of aryl methyl sites for hydroxylation is 1. The molecule has 3 rings (SSSR count). The Kier molecular flexibility index (Phi) is 4.71. The second-order valence-electron chi connectivity index (χ2n) is 5.70. The summed E-state index contributed by atoms with van der Waals surface area (Å²) in [5.41, 5.74) is 1.30. The van der Waals surface area contributed by atoms with Crippen LogP contribution in [0.2, 0.25) is 0 Å². The highest BCUT2D eigenvalue weighted by Crippen LogP contribution is 2.28. The minimum atomic E-state index is -4.51. The van der Waals surface area contributed by atoms with Crippen LogP contribution in [0.3, 0.4) is 0 Å². The Morgan fingerprint density at radius 1 is 1.28 bits per heavy atom. The molecule has 2 heterocycles. The van der Waals surface area contributed by atoms with Crippen molar-refractivity contribution in [1.29, 1.82) is 0 Å². The number of carbonyl (C=O) groups excluding carboxylic acids is 1. The molecule has 132 valence electrons. The van der Waals surface area contributed by atoms with Gasteiger partial charge in [-0.15, -0.1) is 0 Å². The number of nitrogens with zero attached hydrogens (tertiary/aromatic N) is 3. The van der Waals surface area contributed by atoms with E-state index in [1.165, 1.54) is 6.20 Å². The van der Waals surface area contributed by atoms with Crippen molar-refractivity contribution in [2.24, 2.45) is 0 Å². The molecule has 1 aromatic carbocycles. The molecule has 1 aliphatic heterocycles. The molecule has 1 aromatic heterocycles. The quantitative estimate of drug-likeness (QED) is 0.835. The van der Waals surface area contributed by atoms with Gasteiger partial charge in [-0.25, -0.2) is 9.97 Å². The van der Waals surface area contributed by atoms with Crippen molar-refractivity contribution in [2.75, 3.05) is 19.7 Å². The van der Waals surface area contributed by atoms with Crippen molar-refractivity contribution in [3.8, 4) is 11.3 Å². The molecule has 0 radical (unpaired) electrons. The van der Waals surface area contributed by atoms with Crippen molar-refractivity contribution in [3.63, 3.8) is 0 Å². The smallest absolute Gasteiger partial charge is 0.365 e. The molecule has 1 atom stereocenters. The first-order valence-electron chi connectivity index (χ1n) is 7.73. The van der Waals surface area contributed by atoms with E-state index in [1.54, 1.807) is 31.2 Å². The van der Waals surface area contributed by atoms with Gasteiger partial charge in [-0.3, -0.25) is 4.79 Å². The fraction of sp³-hybridized carbons (Fsp3) is 0.353. The van der Waals surface area contributed by atoms with Crippen LogP contribution in [-0.4, -0.2) is 52.8 Å². The molecule has 0 N–H and O–H groups in total. The van der Waals surface area contributed by atoms with E-state index in [1.807, 2.05) is 6.07 Å². The summed E-state index contributed by atoms with van der Waals surface area (Å²) in [5, 5.41) is 0. The summed E-state index contributed by atoms with van der Waals surface area (Å²) >= 11 is 0. The monoisotopic (exact) mass is 351 g/mol. The van der Waals surface area contributed by atoms with Gasteiger partial charge in [0.2, 0.25) is 0 Å². The predicted molar refractivity (Wildman–Crippen MR) is 83.9 cm³/mol. The van der Waals surface area contributed by atoms with E-state index >= 15 is 0 Å². The third-order valence-electron chi connectivity index (χ3n) is 3.91. The minimum absolute atomic E-state index is 0.0908. The van der Waals surface area contributed by atoms with E-state index in [9.17, 15) is 18.0 Å². The summed E-state index contributed by atoms with van der Waals surface area (Å²) < 4.78 is 43.4. The van der Waals surface area contributed by atoms with Crippen LogP contribution in [0.4, 0.5) is 13.2 Å². The van der Waals surface area contributed by atoms with E-state index < -0.39 is 24.7 Å². The molecule has 0 saturated carbocycles. The van der Waals surface area contributed by atoms with Crippen molar-refractivity contribution in [1.82, 2.24) is 14.9 Å². The number of hydrogen-bond acceptors (Lipinski definition) is 4. The molecular formula is C17H16F3N3O2. The van der Waals surface area contributed by atoms with Crippen LogP contribution >= 0.6 is 0 Å². The Bertz CT molecular complexity index is 765. The molecule has 0 bridgehead atoms. The SMILES string of the molecule is Cc1ncc(C(=O)N2CCOC(C(F)(F)F)C2)c(-c2ccccc2)n1. The van der Waals surface area contributed by atoms with Crippen LogP contribution < -0.4 is 0 Å². The maximum absolute atomic E-state index is 12.9. The van der Waals surface area contributed by atoms with Crippen LogP contribution in [0.25, 0.3) is 11.3 Å². The second kappa shape index (κ2) is 6.79. The normalized spacial score (nSPS) is 18.2. The van der Waals surface area contributed by atoms with Gasteiger partial charge in [0, 0.05) is 18.3 Å². The van der Waals surface area contributed by atoms with Crippen LogP contribution in [0.1, 0.15) is 16.2 Å². The van der Waals surface area contributed by atoms with Gasteiger partial charge in [-0.1, -0.05) is 30.3 Å². The molecule has 1 unspecified atom stereocenters. The van der Waals surface area contributed by atoms with E-state index in [-0.39, 0.29) is 18.7 Å². The molecule has 1 amide bonds. The topological polar surface area (TPSA) is 55.3 Å². The van der Waals surface area contributed by atoms with Crippen LogP contribution in [0.5, 0.6) is 0 Å². The standard InChI is InChI=1S/C17H16F3N3O2/c1-11-21-9-13(15(22-11)12-5-3-2-4-6-12)16(24)23-7-8-25-14(10-23)17(18,19)20/h2-6,9,14H,7-8,10H2,1H3. The summed E-state index contributed by atoms with van der Waals surface area (Å²) in [7, 11) is 0. The van der Waals surface area contributed by atoms with Gasteiger partial charge in [0.25, 0.3) is 5.91 Å². The van der Waals surface area contributed by atoms with Gasteiger partial charge in [0.1, 0.15) is 5.82 Å². The Hall–Kier alpha value is -2.48. The summed E-state index contributed by atoms with van der Waals surface area (Å²) in [5.74, 6) is -0.0537. The van der Waals surface area contributed by atoms with Crippen LogP contribution in [0, 0.1) is 6.92 Å². The number of amides is 1. The summed E-state index contributed by atoms with van der Waals surface area (Å²) in [6, 6.07) is 9.01. The number of hydrogen-bond donors (Lipinski definition) is 0. The first-order valence-corrected chi connectivity index (χ1v) is 7.73. The Balaban J connectivity index is 1.93. The van der Waals surface area contributed by atoms with E-state index in [2.05, 4.69) is 9.97 Å². The second-order valence-corrected chi connectivity index (χ2v) is 5.70. The maximum atomic E-state index is 12.9. The lowest BCUT2D eigenvalue weighted by Gasteiger charge is -2.34. The number of alkyl halides is 3. The molecule has 25 heavy (non-hydrogen) atoms. The maximum Gasteiger partial charge on any atom is 0.416 e. The van der Waals surface area contributed by atoms with Gasteiger partial charge < -0.3 is 9.64 Å². The van der Waals surface area contributed by atoms with Gasteiger partial charge >= 0.3 is 6.18 Å². The van der Waals surface area contributed by atoms with Gasteiger partial charge in [-0.05, 0) is 6.92 Å². The Morgan fingerprint density at radius 3 is 2.68 bits per heavy atom. The molecule has 1 fully saturated rings. The largest absolute Gasteiger partial charge is 0.416 e. The zero-order valence-electron chi connectivity index (χ0n) is 13.5. The van der Waals surface area contributed by atoms with Crippen LogP contribution in [-0.2, 0) is 4.74 Å². The lowest BCUT2D eigenvalue weighted by atomic mass is 10.1. The third kappa shape index (κ3) is 3.79. The fourth-order valence-electron chi connectivity index (χ4n) is 2.64. The van der Waals surface area contributed by atoms with E-state index in [0.717, 1.165) is 4.90 Å².